The van der Waals surface area contributed by atoms with Gasteiger partial charge >= 0.3 is 0 Å². The van der Waals surface area contributed by atoms with Crippen LogP contribution >= 0.6 is 11.6 Å². The molecule has 4 heteroatoms. The van der Waals surface area contributed by atoms with Crippen LogP contribution in [0.1, 0.15) is 43.1 Å². The number of aromatic amines is 1. The van der Waals surface area contributed by atoms with Crippen molar-refractivity contribution in [2.45, 2.75) is 38.1 Å². The van der Waals surface area contributed by atoms with E-state index in [1.54, 1.807) is 0 Å². The molecular formula is C9H14ClN3. The van der Waals surface area contributed by atoms with E-state index in [2.05, 4.69) is 9.97 Å². The number of hydrogen-bond acceptors (Lipinski definition) is 2. The molecule has 0 aromatic carbocycles. The highest BCUT2D eigenvalue weighted by molar-refractivity contribution is 6.30. The second kappa shape index (κ2) is 3.68. The number of imidazole rings is 1. The highest BCUT2D eigenvalue weighted by Crippen LogP contribution is 2.36. The number of halogens is 1. The zero-order valence-corrected chi connectivity index (χ0v) is 8.27. The standard InChI is InChI=1S/C9H14ClN3/c10-9-8(6-3-1-2-4-6)12-7(5-11)13-9/h6H,1-5,11H2,(H,12,13). The molecule has 3 N–H and O–H groups in total. The quantitative estimate of drug-likeness (QED) is 0.767. The van der Waals surface area contributed by atoms with E-state index in [1.807, 2.05) is 0 Å². The predicted octanol–water partition coefficient (Wildman–Crippen LogP) is 2.18. The summed E-state index contributed by atoms with van der Waals surface area (Å²) in [6.45, 7) is 0.437. The van der Waals surface area contributed by atoms with Crippen LogP contribution in [0.4, 0.5) is 0 Å². The van der Waals surface area contributed by atoms with E-state index < -0.39 is 0 Å². The molecule has 1 aromatic heterocycles. The lowest BCUT2D eigenvalue weighted by atomic mass is 10.1. The van der Waals surface area contributed by atoms with Crippen LogP contribution in [0, 0.1) is 0 Å². The third kappa shape index (κ3) is 1.71. The molecule has 0 spiro atoms. The summed E-state index contributed by atoms with van der Waals surface area (Å²) in [6.07, 6.45) is 5.06. The molecule has 1 aliphatic rings. The summed E-state index contributed by atoms with van der Waals surface area (Å²) in [5, 5.41) is 0.618. The van der Waals surface area contributed by atoms with E-state index in [-0.39, 0.29) is 0 Å². The number of rotatable bonds is 2. The molecule has 1 aliphatic carbocycles. The van der Waals surface area contributed by atoms with Gasteiger partial charge < -0.3 is 10.7 Å². The molecule has 0 bridgehead atoms. The first-order chi connectivity index (χ1) is 6.31. The molecule has 2 rings (SSSR count). The zero-order valence-electron chi connectivity index (χ0n) is 7.52. The smallest absolute Gasteiger partial charge is 0.150 e. The van der Waals surface area contributed by atoms with Crippen LogP contribution in [0.15, 0.2) is 0 Å². The molecule has 13 heavy (non-hydrogen) atoms. The third-order valence-electron chi connectivity index (χ3n) is 2.69. The zero-order chi connectivity index (χ0) is 9.26. The summed E-state index contributed by atoms with van der Waals surface area (Å²) in [7, 11) is 0. The average molecular weight is 200 g/mol. The van der Waals surface area contributed by atoms with Gasteiger partial charge in [0, 0.05) is 5.92 Å². The maximum Gasteiger partial charge on any atom is 0.150 e. The van der Waals surface area contributed by atoms with Crippen LogP contribution in [-0.2, 0) is 6.54 Å². The Morgan fingerprint density at radius 1 is 1.46 bits per heavy atom. The molecular weight excluding hydrogens is 186 g/mol. The van der Waals surface area contributed by atoms with Crippen LogP contribution in [-0.4, -0.2) is 9.97 Å². The van der Waals surface area contributed by atoms with Crippen molar-refractivity contribution in [2.24, 2.45) is 5.73 Å². The fourth-order valence-corrected chi connectivity index (χ4v) is 2.30. The van der Waals surface area contributed by atoms with E-state index in [0.717, 1.165) is 11.5 Å². The second-order valence-electron chi connectivity index (χ2n) is 3.57. The molecule has 1 aromatic rings. The average Bonchev–Trinajstić information content (AvgIpc) is 2.72. The first-order valence-corrected chi connectivity index (χ1v) is 5.13. The Balaban J connectivity index is 2.22. The van der Waals surface area contributed by atoms with E-state index in [9.17, 15) is 0 Å². The Labute approximate surface area is 82.7 Å². The molecule has 0 saturated heterocycles. The number of nitrogens with one attached hydrogen (secondary N) is 1. The maximum absolute atomic E-state index is 6.01. The van der Waals surface area contributed by atoms with Crippen LogP contribution in [0.5, 0.6) is 0 Å². The van der Waals surface area contributed by atoms with Gasteiger partial charge in [-0.05, 0) is 12.8 Å². The largest absolute Gasteiger partial charge is 0.343 e. The van der Waals surface area contributed by atoms with Crippen molar-refractivity contribution in [1.82, 2.24) is 9.97 Å². The van der Waals surface area contributed by atoms with Crippen molar-refractivity contribution >= 4 is 11.6 Å². The molecule has 1 saturated carbocycles. The van der Waals surface area contributed by atoms with E-state index in [0.29, 0.717) is 17.6 Å². The third-order valence-corrected chi connectivity index (χ3v) is 2.98. The van der Waals surface area contributed by atoms with Crippen molar-refractivity contribution in [2.75, 3.05) is 0 Å². The van der Waals surface area contributed by atoms with Crippen molar-refractivity contribution in [3.63, 3.8) is 0 Å². The second-order valence-corrected chi connectivity index (χ2v) is 3.93. The van der Waals surface area contributed by atoms with Gasteiger partial charge in [0.05, 0.1) is 12.2 Å². The Bertz CT molecular complexity index is 289. The summed E-state index contributed by atoms with van der Waals surface area (Å²) in [5.41, 5.74) is 6.58. The summed E-state index contributed by atoms with van der Waals surface area (Å²) in [4.78, 5) is 7.36. The highest BCUT2D eigenvalue weighted by atomic mass is 35.5. The molecule has 0 atom stereocenters. The van der Waals surface area contributed by atoms with Gasteiger partial charge in [0.2, 0.25) is 0 Å². The van der Waals surface area contributed by atoms with Gasteiger partial charge in [-0.1, -0.05) is 24.4 Å². The van der Waals surface area contributed by atoms with Crippen molar-refractivity contribution in [3.05, 3.63) is 16.7 Å². The van der Waals surface area contributed by atoms with Gasteiger partial charge in [0.15, 0.2) is 5.15 Å². The summed E-state index contributed by atoms with van der Waals surface area (Å²) in [6, 6.07) is 0. The normalized spacial score (nSPS) is 18.3. The summed E-state index contributed by atoms with van der Waals surface area (Å²) in [5.74, 6) is 1.38. The number of hydrogen-bond donors (Lipinski definition) is 2. The van der Waals surface area contributed by atoms with E-state index >= 15 is 0 Å². The Morgan fingerprint density at radius 2 is 2.15 bits per heavy atom. The molecule has 0 radical (unpaired) electrons. The van der Waals surface area contributed by atoms with Gasteiger partial charge in [0.1, 0.15) is 5.82 Å². The lowest BCUT2D eigenvalue weighted by molar-refractivity contribution is 0.699. The monoisotopic (exact) mass is 199 g/mol. The Hall–Kier alpha value is -0.540. The SMILES string of the molecule is NCc1nc(Cl)c(C2CCCC2)[nH]1. The Morgan fingerprint density at radius 3 is 2.69 bits per heavy atom. The molecule has 0 amide bonds. The van der Waals surface area contributed by atoms with Gasteiger partial charge in [-0.25, -0.2) is 4.98 Å². The molecule has 0 aliphatic heterocycles. The predicted molar refractivity (Wildman–Crippen MR) is 52.7 cm³/mol. The minimum absolute atomic E-state index is 0.437. The van der Waals surface area contributed by atoms with Crippen LogP contribution in [0.25, 0.3) is 0 Å². The van der Waals surface area contributed by atoms with Gasteiger partial charge in [-0.2, -0.15) is 0 Å². The Kier molecular flexibility index (Phi) is 2.56. The summed E-state index contributed by atoms with van der Waals surface area (Å²) >= 11 is 6.01. The van der Waals surface area contributed by atoms with Crippen molar-refractivity contribution in [1.29, 1.82) is 0 Å². The fraction of sp³-hybridized carbons (Fsp3) is 0.667. The first kappa shape index (κ1) is 9.03. The minimum atomic E-state index is 0.437. The molecule has 1 heterocycles. The van der Waals surface area contributed by atoms with Gasteiger partial charge in [-0.15, -0.1) is 0 Å². The van der Waals surface area contributed by atoms with Gasteiger partial charge in [0.25, 0.3) is 0 Å². The van der Waals surface area contributed by atoms with Crippen LogP contribution in [0.2, 0.25) is 5.15 Å². The lowest BCUT2D eigenvalue weighted by Gasteiger charge is -2.05. The number of aromatic nitrogens is 2. The van der Waals surface area contributed by atoms with Crippen molar-refractivity contribution < 1.29 is 0 Å². The number of nitrogens with zero attached hydrogens (tertiary/aromatic N) is 1. The van der Waals surface area contributed by atoms with E-state index in [1.165, 1.54) is 25.7 Å². The first-order valence-electron chi connectivity index (χ1n) is 4.75. The number of H-pyrrole nitrogens is 1. The highest BCUT2D eigenvalue weighted by Gasteiger charge is 2.22. The summed E-state index contributed by atoms with van der Waals surface area (Å²) < 4.78 is 0. The molecule has 0 unspecified atom stereocenters. The van der Waals surface area contributed by atoms with E-state index in [4.69, 9.17) is 17.3 Å². The topological polar surface area (TPSA) is 54.7 Å². The van der Waals surface area contributed by atoms with Crippen LogP contribution < -0.4 is 5.73 Å². The molecule has 1 fully saturated rings. The lowest BCUT2D eigenvalue weighted by Crippen LogP contribution is -1.99. The molecule has 72 valence electrons. The maximum atomic E-state index is 6.01. The molecule has 3 nitrogen and oxygen atoms in total. The van der Waals surface area contributed by atoms with Gasteiger partial charge in [-0.3, -0.25) is 0 Å². The van der Waals surface area contributed by atoms with Crippen molar-refractivity contribution in [3.8, 4) is 0 Å². The minimum Gasteiger partial charge on any atom is -0.343 e. The fourth-order valence-electron chi connectivity index (χ4n) is 2.00. The number of nitrogens with two attached hydrogens (primary N) is 1. The van der Waals surface area contributed by atoms with Crippen LogP contribution in [0.3, 0.4) is 0 Å².